The maximum atomic E-state index is 10.2. The molecule has 1 rings (SSSR count). The Labute approximate surface area is 66.0 Å². The molecule has 2 atom stereocenters. The number of carbonyl (C=O) groups is 1. The fourth-order valence-corrected chi connectivity index (χ4v) is 1.42. The summed E-state index contributed by atoms with van der Waals surface area (Å²) in [5.74, 6) is 0.464. The van der Waals surface area contributed by atoms with Crippen molar-refractivity contribution < 1.29 is 9.90 Å². The molecule has 0 bridgehead atoms. The van der Waals surface area contributed by atoms with Crippen LogP contribution >= 0.6 is 0 Å². The summed E-state index contributed by atoms with van der Waals surface area (Å²) in [5.41, 5.74) is 0. The van der Waals surface area contributed by atoms with Crippen molar-refractivity contribution in [3.63, 3.8) is 0 Å². The molecule has 1 fully saturated rings. The first-order valence-corrected chi connectivity index (χ1v) is 3.90. The van der Waals surface area contributed by atoms with Gasteiger partial charge in [0.25, 0.3) is 0 Å². The third-order valence-corrected chi connectivity index (χ3v) is 2.16. The van der Waals surface area contributed by atoms with E-state index in [-0.39, 0.29) is 6.04 Å². The Morgan fingerprint density at radius 2 is 2.55 bits per heavy atom. The van der Waals surface area contributed by atoms with Gasteiger partial charge in [0.1, 0.15) is 0 Å². The Morgan fingerprint density at radius 3 is 3.00 bits per heavy atom. The highest BCUT2D eigenvalue weighted by atomic mass is 16.4. The maximum absolute atomic E-state index is 10.2. The van der Waals surface area contributed by atoms with Crippen molar-refractivity contribution in [1.82, 2.24) is 10.6 Å². The number of hydrogen-bond acceptors (Lipinski definition) is 2. The SMILES string of the molecule is CC(NC(=O)O)[C@H]1CCNC1. The van der Waals surface area contributed by atoms with E-state index in [0.717, 1.165) is 19.5 Å². The Bertz CT molecular complexity index is 143. The van der Waals surface area contributed by atoms with Crippen LogP contribution in [0.5, 0.6) is 0 Å². The zero-order valence-corrected chi connectivity index (χ0v) is 6.63. The van der Waals surface area contributed by atoms with Gasteiger partial charge < -0.3 is 15.7 Å². The number of nitrogens with one attached hydrogen (secondary N) is 2. The second-order valence-electron chi connectivity index (χ2n) is 2.99. The van der Waals surface area contributed by atoms with Crippen LogP contribution in [-0.4, -0.2) is 30.3 Å². The van der Waals surface area contributed by atoms with Gasteiger partial charge in [0.2, 0.25) is 0 Å². The highest BCUT2D eigenvalue weighted by Gasteiger charge is 2.21. The van der Waals surface area contributed by atoms with Crippen LogP contribution in [0.2, 0.25) is 0 Å². The number of amides is 1. The zero-order chi connectivity index (χ0) is 8.27. The van der Waals surface area contributed by atoms with E-state index in [0.29, 0.717) is 5.92 Å². The van der Waals surface area contributed by atoms with Crippen molar-refractivity contribution in [2.24, 2.45) is 5.92 Å². The molecular weight excluding hydrogens is 144 g/mol. The first kappa shape index (κ1) is 8.33. The quantitative estimate of drug-likeness (QED) is 0.540. The predicted octanol–water partition coefficient (Wildman–Crippen LogP) is 0.252. The van der Waals surface area contributed by atoms with Crippen molar-refractivity contribution >= 4 is 6.09 Å². The lowest BCUT2D eigenvalue weighted by molar-refractivity contribution is 0.186. The Morgan fingerprint density at radius 1 is 1.82 bits per heavy atom. The fourth-order valence-electron chi connectivity index (χ4n) is 1.42. The van der Waals surface area contributed by atoms with Crippen LogP contribution in [0.4, 0.5) is 4.79 Å². The Balaban J connectivity index is 2.28. The molecule has 4 heteroatoms. The van der Waals surface area contributed by atoms with E-state index in [9.17, 15) is 4.79 Å². The van der Waals surface area contributed by atoms with E-state index < -0.39 is 6.09 Å². The first-order valence-electron chi connectivity index (χ1n) is 3.90. The molecular formula is C7H14N2O2. The molecule has 1 aliphatic rings. The molecule has 1 heterocycles. The van der Waals surface area contributed by atoms with E-state index in [4.69, 9.17) is 5.11 Å². The van der Waals surface area contributed by atoms with Crippen molar-refractivity contribution in [2.45, 2.75) is 19.4 Å². The molecule has 4 nitrogen and oxygen atoms in total. The molecule has 1 unspecified atom stereocenters. The van der Waals surface area contributed by atoms with Crippen molar-refractivity contribution in [3.05, 3.63) is 0 Å². The van der Waals surface area contributed by atoms with Gasteiger partial charge in [-0.15, -0.1) is 0 Å². The zero-order valence-electron chi connectivity index (χ0n) is 6.63. The molecule has 1 aliphatic heterocycles. The summed E-state index contributed by atoms with van der Waals surface area (Å²) < 4.78 is 0. The third-order valence-electron chi connectivity index (χ3n) is 2.16. The monoisotopic (exact) mass is 158 g/mol. The van der Waals surface area contributed by atoms with Crippen molar-refractivity contribution in [3.8, 4) is 0 Å². The Hall–Kier alpha value is -0.770. The Kier molecular flexibility index (Phi) is 2.70. The van der Waals surface area contributed by atoms with E-state index in [1.165, 1.54) is 0 Å². The molecule has 1 saturated heterocycles. The molecule has 11 heavy (non-hydrogen) atoms. The van der Waals surface area contributed by atoms with E-state index in [2.05, 4.69) is 10.6 Å². The van der Waals surface area contributed by atoms with Crippen LogP contribution in [0.15, 0.2) is 0 Å². The van der Waals surface area contributed by atoms with Crippen molar-refractivity contribution in [1.29, 1.82) is 0 Å². The molecule has 0 saturated carbocycles. The van der Waals surface area contributed by atoms with Gasteiger partial charge >= 0.3 is 6.09 Å². The van der Waals surface area contributed by atoms with Crippen LogP contribution in [-0.2, 0) is 0 Å². The third kappa shape index (κ3) is 2.38. The summed E-state index contributed by atoms with van der Waals surface area (Å²) in [6.45, 7) is 3.85. The summed E-state index contributed by atoms with van der Waals surface area (Å²) in [6, 6.07) is 0.0718. The second kappa shape index (κ2) is 3.57. The van der Waals surface area contributed by atoms with Gasteiger partial charge in [-0.3, -0.25) is 0 Å². The van der Waals surface area contributed by atoms with Gasteiger partial charge in [0, 0.05) is 6.04 Å². The van der Waals surface area contributed by atoms with Crippen molar-refractivity contribution in [2.75, 3.05) is 13.1 Å². The van der Waals surface area contributed by atoms with Crippen LogP contribution in [0.3, 0.4) is 0 Å². The van der Waals surface area contributed by atoms with Gasteiger partial charge in [0.15, 0.2) is 0 Å². The van der Waals surface area contributed by atoms with Gasteiger partial charge in [0.05, 0.1) is 0 Å². The molecule has 3 N–H and O–H groups in total. The summed E-state index contributed by atoms with van der Waals surface area (Å²) in [4.78, 5) is 10.2. The molecule has 0 aromatic heterocycles. The van der Waals surface area contributed by atoms with Crippen LogP contribution in [0, 0.1) is 5.92 Å². The molecule has 0 spiro atoms. The van der Waals surface area contributed by atoms with E-state index in [1.807, 2.05) is 6.92 Å². The minimum Gasteiger partial charge on any atom is -0.465 e. The minimum absolute atomic E-state index is 0.0718. The lowest BCUT2D eigenvalue weighted by Gasteiger charge is -2.17. The van der Waals surface area contributed by atoms with Gasteiger partial charge in [-0.1, -0.05) is 0 Å². The molecule has 0 aromatic rings. The maximum Gasteiger partial charge on any atom is 0.404 e. The lowest BCUT2D eigenvalue weighted by Crippen LogP contribution is -2.37. The summed E-state index contributed by atoms with van der Waals surface area (Å²) in [6.07, 6.45) is 0.144. The van der Waals surface area contributed by atoms with E-state index >= 15 is 0 Å². The summed E-state index contributed by atoms with van der Waals surface area (Å²) >= 11 is 0. The molecule has 0 aromatic carbocycles. The largest absolute Gasteiger partial charge is 0.465 e. The standard InChI is InChI=1S/C7H14N2O2/c1-5(9-7(10)11)6-2-3-8-4-6/h5-6,8-9H,2-4H2,1H3,(H,10,11)/t5?,6-/m0/s1. The smallest absolute Gasteiger partial charge is 0.404 e. The predicted molar refractivity (Wildman–Crippen MR) is 41.6 cm³/mol. The summed E-state index contributed by atoms with van der Waals surface area (Å²) in [5, 5.41) is 14.1. The lowest BCUT2D eigenvalue weighted by atomic mass is 10.0. The van der Waals surface area contributed by atoms with Gasteiger partial charge in [-0.25, -0.2) is 4.79 Å². The number of carboxylic acid groups (broad SMARTS) is 1. The van der Waals surface area contributed by atoms with Gasteiger partial charge in [-0.05, 0) is 32.4 Å². The van der Waals surface area contributed by atoms with Crippen LogP contribution in [0.25, 0.3) is 0 Å². The van der Waals surface area contributed by atoms with E-state index in [1.54, 1.807) is 0 Å². The first-order chi connectivity index (χ1) is 5.20. The minimum atomic E-state index is -0.926. The average molecular weight is 158 g/mol. The summed E-state index contributed by atoms with van der Waals surface area (Å²) in [7, 11) is 0. The molecule has 64 valence electrons. The highest BCUT2D eigenvalue weighted by molar-refractivity contribution is 5.64. The van der Waals surface area contributed by atoms with Crippen LogP contribution in [0.1, 0.15) is 13.3 Å². The number of rotatable bonds is 2. The fraction of sp³-hybridized carbons (Fsp3) is 0.857. The van der Waals surface area contributed by atoms with Crippen LogP contribution < -0.4 is 10.6 Å². The normalized spacial score (nSPS) is 26.5. The molecule has 1 amide bonds. The number of hydrogen-bond donors (Lipinski definition) is 3. The average Bonchev–Trinajstić information content (AvgIpc) is 2.35. The highest BCUT2D eigenvalue weighted by Crippen LogP contribution is 2.11. The second-order valence-corrected chi connectivity index (χ2v) is 2.99. The topological polar surface area (TPSA) is 61.4 Å². The molecule has 0 radical (unpaired) electrons. The van der Waals surface area contributed by atoms with Gasteiger partial charge in [-0.2, -0.15) is 0 Å². The molecule has 0 aliphatic carbocycles.